The Balaban J connectivity index is 2.24. The number of furan rings is 1. The number of aromatic nitrogens is 2. The van der Waals surface area contributed by atoms with Crippen LogP contribution in [0, 0.1) is 6.92 Å². The fraction of sp³-hybridized carbons (Fsp3) is 0.462. The Morgan fingerprint density at radius 2 is 2.28 bits per heavy atom. The van der Waals surface area contributed by atoms with Gasteiger partial charge in [0.1, 0.15) is 5.76 Å². The second-order valence-corrected chi connectivity index (χ2v) is 4.71. The third kappa shape index (κ3) is 2.31. The molecule has 0 bridgehead atoms. The quantitative estimate of drug-likeness (QED) is 0.928. The topological polar surface area (TPSA) is 51.2 Å². The largest absolute Gasteiger partial charge is 0.469 e. The van der Waals surface area contributed by atoms with E-state index in [2.05, 4.69) is 5.10 Å². The van der Waals surface area contributed by atoms with Gasteiger partial charge in [-0.3, -0.25) is 4.68 Å². The molecule has 1 atom stereocenters. The molecule has 18 heavy (non-hydrogen) atoms. The highest BCUT2D eigenvalue weighted by atomic mass is 35.5. The molecule has 2 aromatic heterocycles. The standard InChI is InChI=1S/C13H17ClN2O2/c1-4-10-13(14)11(16(3)15-10)7-12(17)9-5-6-18-8(9)2/h5-6,12,17H,4,7H2,1-3H3. The van der Waals surface area contributed by atoms with E-state index in [4.69, 9.17) is 16.0 Å². The van der Waals surface area contributed by atoms with E-state index in [1.165, 1.54) is 0 Å². The smallest absolute Gasteiger partial charge is 0.106 e. The van der Waals surface area contributed by atoms with E-state index < -0.39 is 6.10 Å². The first kappa shape index (κ1) is 13.2. The van der Waals surface area contributed by atoms with Crippen LogP contribution in [0.15, 0.2) is 16.7 Å². The monoisotopic (exact) mass is 268 g/mol. The van der Waals surface area contributed by atoms with Gasteiger partial charge in [-0.15, -0.1) is 0 Å². The summed E-state index contributed by atoms with van der Waals surface area (Å²) in [6.07, 6.45) is 2.17. The van der Waals surface area contributed by atoms with Crippen molar-refractivity contribution in [3.8, 4) is 0 Å². The maximum absolute atomic E-state index is 10.2. The summed E-state index contributed by atoms with van der Waals surface area (Å²) in [5.74, 6) is 0.733. The Morgan fingerprint density at radius 3 is 2.78 bits per heavy atom. The highest BCUT2D eigenvalue weighted by molar-refractivity contribution is 6.31. The summed E-state index contributed by atoms with van der Waals surface area (Å²) in [6, 6.07) is 1.78. The Morgan fingerprint density at radius 1 is 1.56 bits per heavy atom. The number of hydrogen-bond donors (Lipinski definition) is 1. The molecular formula is C13H17ClN2O2. The van der Waals surface area contributed by atoms with Crippen molar-refractivity contribution in [2.75, 3.05) is 0 Å². The summed E-state index contributed by atoms with van der Waals surface area (Å²) < 4.78 is 6.93. The first-order chi connectivity index (χ1) is 8.54. The van der Waals surface area contributed by atoms with Crippen LogP contribution in [0.5, 0.6) is 0 Å². The van der Waals surface area contributed by atoms with E-state index in [1.54, 1.807) is 17.0 Å². The predicted octanol–water partition coefficient (Wildman–Crippen LogP) is 2.81. The molecular weight excluding hydrogens is 252 g/mol. The number of hydrogen-bond acceptors (Lipinski definition) is 3. The lowest BCUT2D eigenvalue weighted by atomic mass is 10.1. The molecule has 98 valence electrons. The molecule has 0 aromatic carbocycles. The van der Waals surface area contributed by atoms with Gasteiger partial charge in [-0.2, -0.15) is 5.10 Å². The zero-order valence-corrected chi connectivity index (χ0v) is 11.5. The molecule has 0 aliphatic rings. The summed E-state index contributed by atoms with van der Waals surface area (Å²) in [6.45, 7) is 3.84. The number of aryl methyl sites for hydroxylation is 3. The van der Waals surface area contributed by atoms with Crippen LogP contribution in [0.3, 0.4) is 0 Å². The number of aliphatic hydroxyl groups excluding tert-OH is 1. The van der Waals surface area contributed by atoms with Gasteiger partial charge in [0.25, 0.3) is 0 Å². The lowest BCUT2D eigenvalue weighted by molar-refractivity contribution is 0.174. The molecule has 2 rings (SSSR count). The third-order valence-electron chi connectivity index (χ3n) is 3.15. The van der Waals surface area contributed by atoms with Crippen LogP contribution in [0.1, 0.15) is 35.7 Å². The molecule has 5 heteroatoms. The average Bonchev–Trinajstić information content (AvgIpc) is 2.87. The average molecular weight is 269 g/mol. The zero-order valence-electron chi connectivity index (χ0n) is 10.8. The SMILES string of the molecule is CCc1nn(C)c(CC(O)c2ccoc2C)c1Cl. The maximum atomic E-state index is 10.2. The molecule has 0 amide bonds. The summed E-state index contributed by atoms with van der Waals surface area (Å²) in [5, 5.41) is 15.2. The number of rotatable bonds is 4. The summed E-state index contributed by atoms with van der Waals surface area (Å²) in [7, 11) is 1.84. The van der Waals surface area contributed by atoms with Gasteiger partial charge in [-0.25, -0.2) is 0 Å². The lowest BCUT2D eigenvalue weighted by Gasteiger charge is -2.10. The number of nitrogens with zero attached hydrogens (tertiary/aromatic N) is 2. The third-order valence-corrected chi connectivity index (χ3v) is 3.58. The Bertz CT molecular complexity index is 545. The first-order valence-electron chi connectivity index (χ1n) is 5.96. The number of halogens is 1. The second kappa shape index (κ2) is 5.16. The van der Waals surface area contributed by atoms with E-state index in [0.717, 1.165) is 29.1 Å². The first-order valence-corrected chi connectivity index (χ1v) is 6.34. The van der Waals surface area contributed by atoms with E-state index in [-0.39, 0.29) is 0 Å². The molecule has 4 nitrogen and oxygen atoms in total. The van der Waals surface area contributed by atoms with Crippen LogP contribution in [-0.2, 0) is 19.9 Å². The second-order valence-electron chi connectivity index (χ2n) is 4.34. The lowest BCUT2D eigenvalue weighted by Crippen LogP contribution is -2.07. The highest BCUT2D eigenvalue weighted by Gasteiger charge is 2.19. The molecule has 0 spiro atoms. The molecule has 1 unspecified atom stereocenters. The van der Waals surface area contributed by atoms with Gasteiger partial charge in [0.2, 0.25) is 0 Å². The minimum absolute atomic E-state index is 0.433. The highest BCUT2D eigenvalue weighted by Crippen LogP contribution is 2.27. The molecule has 0 saturated carbocycles. The molecule has 2 aromatic rings. The van der Waals surface area contributed by atoms with Crippen molar-refractivity contribution in [3.05, 3.63) is 40.1 Å². The van der Waals surface area contributed by atoms with Crippen LogP contribution in [0.25, 0.3) is 0 Å². The molecule has 0 fully saturated rings. The van der Waals surface area contributed by atoms with Gasteiger partial charge >= 0.3 is 0 Å². The zero-order chi connectivity index (χ0) is 13.3. The molecule has 0 radical (unpaired) electrons. The fourth-order valence-electron chi connectivity index (χ4n) is 2.08. The van der Waals surface area contributed by atoms with Crippen LogP contribution in [0.4, 0.5) is 0 Å². The van der Waals surface area contributed by atoms with Crippen LogP contribution >= 0.6 is 11.6 Å². The van der Waals surface area contributed by atoms with Crippen molar-refractivity contribution < 1.29 is 9.52 Å². The summed E-state index contributed by atoms with van der Waals surface area (Å²) >= 11 is 6.26. The van der Waals surface area contributed by atoms with Crippen molar-refractivity contribution in [1.29, 1.82) is 0 Å². The van der Waals surface area contributed by atoms with Gasteiger partial charge in [0, 0.05) is 19.0 Å². The van der Waals surface area contributed by atoms with Crippen molar-refractivity contribution in [3.63, 3.8) is 0 Å². The van der Waals surface area contributed by atoms with Crippen molar-refractivity contribution >= 4 is 11.6 Å². The predicted molar refractivity (Wildman–Crippen MR) is 69.7 cm³/mol. The Labute approximate surface area is 111 Å². The van der Waals surface area contributed by atoms with Crippen LogP contribution in [-0.4, -0.2) is 14.9 Å². The normalized spacial score (nSPS) is 12.9. The molecule has 0 aliphatic carbocycles. The molecule has 1 N–H and O–H groups in total. The van der Waals surface area contributed by atoms with E-state index in [1.807, 2.05) is 20.9 Å². The van der Waals surface area contributed by atoms with Crippen LogP contribution in [0.2, 0.25) is 5.02 Å². The van der Waals surface area contributed by atoms with Gasteiger partial charge in [-0.05, 0) is 19.4 Å². The molecule has 2 heterocycles. The van der Waals surface area contributed by atoms with Gasteiger partial charge in [0.15, 0.2) is 0 Å². The minimum Gasteiger partial charge on any atom is -0.469 e. The van der Waals surface area contributed by atoms with E-state index >= 15 is 0 Å². The van der Waals surface area contributed by atoms with E-state index in [9.17, 15) is 5.11 Å². The Kier molecular flexibility index (Phi) is 3.78. The minimum atomic E-state index is -0.624. The van der Waals surface area contributed by atoms with Crippen molar-refractivity contribution in [2.24, 2.45) is 7.05 Å². The van der Waals surface area contributed by atoms with Crippen molar-refractivity contribution in [2.45, 2.75) is 32.8 Å². The van der Waals surface area contributed by atoms with Gasteiger partial charge in [0.05, 0.1) is 28.8 Å². The molecule has 0 aliphatic heterocycles. The van der Waals surface area contributed by atoms with E-state index in [0.29, 0.717) is 11.4 Å². The van der Waals surface area contributed by atoms with Gasteiger partial charge in [-0.1, -0.05) is 18.5 Å². The summed E-state index contributed by atoms with van der Waals surface area (Å²) in [4.78, 5) is 0. The molecule has 0 saturated heterocycles. The van der Waals surface area contributed by atoms with Crippen molar-refractivity contribution in [1.82, 2.24) is 9.78 Å². The maximum Gasteiger partial charge on any atom is 0.106 e. The number of aliphatic hydroxyl groups is 1. The van der Waals surface area contributed by atoms with Gasteiger partial charge < -0.3 is 9.52 Å². The van der Waals surface area contributed by atoms with Crippen LogP contribution < -0.4 is 0 Å². The fourth-order valence-corrected chi connectivity index (χ4v) is 2.45. The summed E-state index contributed by atoms with van der Waals surface area (Å²) in [5.41, 5.74) is 2.51. The Hall–Kier alpha value is -1.26.